The van der Waals surface area contributed by atoms with Gasteiger partial charge in [-0.25, -0.2) is 14.8 Å². The lowest BCUT2D eigenvalue weighted by atomic mass is 10.2. The van der Waals surface area contributed by atoms with E-state index in [9.17, 15) is 4.79 Å². The summed E-state index contributed by atoms with van der Waals surface area (Å²) in [6.07, 6.45) is 4.21. The molecule has 1 saturated heterocycles. The molecule has 1 aliphatic heterocycles. The second-order valence-corrected chi connectivity index (χ2v) is 7.66. The third-order valence-corrected chi connectivity index (χ3v) is 4.25. The highest BCUT2D eigenvalue weighted by Crippen LogP contribution is 2.17. The number of carbonyl (C=O) groups is 1. The van der Waals surface area contributed by atoms with Crippen LogP contribution in [0.25, 0.3) is 11.0 Å². The first-order valence-electron chi connectivity index (χ1n) is 9.21. The topological polar surface area (TPSA) is 64.5 Å². The van der Waals surface area contributed by atoms with Crippen LogP contribution in [0, 0.1) is 0 Å². The molecule has 0 aromatic carbocycles. The number of pyridine rings is 2. The lowest BCUT2D eigenvalue weighted by molar-refractivity contribution is 0.0208. The third-order valence-electron chi connectivity index (χ3n) is 4.25. The van der Waals surface area contributed by atoms with E-state index < -0.39 is 5.60 Å². The molecule has 26 heavy (non-hydrogen) atoms. The third kappa shape index (κ3) is 5.14. The molecule has 1 atom stereocenters. The molecule has 0 N–H and O–H groups in total. The molecule has 6 heteroatoms. The largest absolute Gasteiger partial charge is 0.444 e. The van der Waals surface area contributed by atoms with Crippen LogP contribution >= 0.6 is 0 Å². The standard InChI is InChI=1S/C20H27N3O3/c1-20(2,3)26-19(24)23-12-10-17(14-23)25-13-5-7-16-9-8-15-6-4-11-21-18(15)22-16/h4,6,8-9,11,17H,5,7,10,12-14H2,1-3H3/t17-/m1/s1. The van der Waals surface area contributed by atoms with Crippen molar-refractivity contribution in [1.29, 1.82) is 0 Å². The molecule has 0 aliphatic carbocycles. The molecule has 0 saturated carbocycles. The zero-order chi connectivity index (χ0) is 18.6. The van der Waals surface area contributed by atoms with Gasteiger partial charge in [0.2, 0.25) is 0 Å². The van der Waals surface area contributed by atoms with Crippen LogP contribution in [0.5, 0.6) is 0 Å². The molecule has 3 heterocycles. The Morgan fingerprint density at radius 2 is 2.15 bits per heavy atom. The molecule has 0 spiro atoms. The predicted octanol–water partition coefficient (Wildman–Crippen LogP) is 3.59. The Labute approximate surface area is 154 Å². The predicted molar refractivity (Wildman–Crippen MR) is 100 cm³/mol. The van der Waals surface area contributed by atoms with Crippen LogP contribution in [0.3, 0.4) is 0 Å². The summed E-state index contributed by atoms with van der Waals surface area (Å²) in [6.45, 7) is 7.60. The van der Waals surface area contributed by atoms with E-state index in [0.717, 1.165) is 36.0 Å². The summed E-state index contributed by atoms with van der Waals surface area (Å²) in [6, 6.07) is 8.03. The second kappa shape index (κ2) is 7.99. The Morgan fingerprint density at radius 1 is 1.31 bits per heavy atom. The number of rotatable bonds is 5. The Morgan fingerprint density at radius 3 is 2.96 bits per heavy atom. The summed E-state index contributed by atoms with van der Waals surface area (Å²) < 4.78 is 11.3. The van der Waals surface area contributed by atoms with E-state index in [1.54, 1.807) is 11.1 Å². The van der Waals surface area contributed by atoms with Gasteiger partial charge in [-0.1, -0.05) is 0 Å². The molecule has 2 aromatic heterocycles. The van der Waals surface area contributed by atoms with Gasteiger partial charge in [-0.2, -0.15) is 0 Å². The summed E-state index contributed by atoms with van der Waals surface area (Å²) >= 11 is 0. The monoisotopic (exact) mass is 357 g/mol. The number of hydrogen-bond donors (Lipinski definition) is 0. The highest BCUT2D eigenvalue weighted by molar-refractivity contribution is 5.74. The van der Waals surface area contributed by atoms with Crippen molar-refractivity contribution in [3.8, 4) is 0 Å². The number of ether oxygens (including phenoxy) is 2. The fourth-order valence-corrected chi connectivity index (χ4v) is 2.99. The molecule has 2 aromatic rings. The lowest BCUT2D eigenvalue weighted by Gasteiger charge is -2.24. The first kappa shape index (κ1) is 18.6. The molecule has 3 rings (SSSR count). The number of fused-ring (bicyclic) bond motifs is 1. The van der Waals surface area contributed by atoms with E-state index in [1.807, 2.05) is 39.0 Å². The molecule has 1 fully saturated rings. The maximum Gasteiger partial charge on any atom is 0.410 e. The number of aryl methyl sites for hydroxylation is 1. The molecule has 1 amide bonds. The van der Waals surface area contributed by atoms with Crippen molar-refractivity contribution < 1.29 is 14.3 Å². The van der Waals surface area contributed by atoms with E-state index in [0.29, 0.717) is 19.7 Å². The molecule has 0 unspecified atom stereocenters. The van der Waals surface area contributed by atoms with Crippen molar-refractivity contribution in [2.24, 2.45) is 0 Å². The fraction of sp³-hybridized carbons (Fsp3) is 0.550. The van der Waals surface area contributed by atoms with Gasteiger partial charge in [-0.05, 0) is 64.3 Å². The van der Waals surface area contributed by atoms with Crippen molar-refractivity contribution in [2.75, 3.05) is 19.7 Å². The summed E-state index contributed by atoms with van der Waals surface area (Å²) in [5.41, 5.74) is 1.36. The van der Waals surface area contributed by atoms with E-state index >= 15 is 0 Å². The first-order chi connectivity index (χ1) is 12.4. The highest BCUT2D eigenvalue weighted by Gasteiger charge is 2.30. The zero-order valence-electron chi connectivity index (χ0n) is 15.8. The first-order valence-corrected chi connectivity index (χ1v) is 9.21. The van der Waals surface area contributed by atoms with Crippen LogP contribution in [0.2, 0.25) is 0 Å². The van der Waals surface area contributed by atoms with E-state index in [2.05, 4.69) is 16.0 Å². The molecule has 1 aliphatic rings. The summed E-state index contributed by atoms with van der Waals surface area (Å²) in [5, 5.41) is 1.06. The normalized spacial score (nSPS) is 17.7. The Hall–Kier alpha value is -2.21. The van der Waals surface area contributed by atoms with Gasteiger partial charge in [-0.3, -0.25) is 0 Å². The highest BCUT2D eigenvalue weighted by atomic mass is 16.6. The Balaban J connectivity index is 1.39. The van der Waals surface area contributed by atoms with Gasteiger partial charge >= 0.3 is 6.09 Å². The molecular weight excluding hydrogens is 330 g/mol. The van der Waals surface area contributed by atoms with Crippen LogP contribution in [-0.4, -0.2) is 52.4 Å². The van der Waals surface area contributed by atoms with E-state index in [4.69, 9.17) is 9.47 Å². The number of carbonyl (C=O) groups excluding carboxylic acids is 1. The number of likely N-dealkylation sites (tertiary alicyclic amines) is 1. The molecule has 6 nitrogen and oxygen atoms in total. The average Bonchev–Trinajstić information content (AvgIpc) is 3.06. The van der Waals surface area contributed by atoms with E-state index in [-0.39, 0.29) is 12.2 Å². The zero-order valence-corrected chi connectivity index (χ0v) is 15.8. The molecule has 0 radical (unpaired) electrons. The van der Waals surface area contributed by atoms with Gasteiger partial charge in [0, 0.05) is 30.4 Å². The fourth-order valence-electron chi connectivity index (χ4n) is 2.99. The van der Waals surface area contributed by atoms with Gasteiger partial charge in [0.15, 0.2) is 5.65 Å². The molecule has 140 valence electrons. The SMILES string of the molecule is CC(C)(C)OC(=O)N1CC[C@@H](OCCCc2ccc3cccnc3n2)C1. The minimum Gasteiger partial charge on any atom is -0.444 e. The maximum absolute atomic E-state index is 12.1. The summed E-state index contributed by atoms with van der Waals surface area (Å²) in [4.78, 5) is 22.7. The van der Waals surface area contributed by atoms with Gasteiger partial charge in [0.1, 0.15) is 5.60 Å². The van der Waals surface area contributed by atoms with Crippen molar-refractivity contribution in [3.63, 3.8) is 0 Å². The number of amides is 1. The van der Waals surface area contributed by atoms with E-state index in [1.165, 1.54) is 0 Å². The lowest BCUT2D eigenvalue weighted by Crippen LogP contribution is -2.36. The Bertz CT molecular complexity index is 757. The molecular formula is C20H27N3O3. The van der Waals surface area contributed by atoms with Crippen LogP contribution in [0.4, 0.5) is 4.79 Å². The quantitative estimate of drug-likeness (QED) is 0.765. The molecule has 0 bridgehead atoms. The minimum absolute atomic E-state index is 0.0914. The Kier molecular flexibility index (Phi) is 5.71. The van der Waals surface area contributed by atoms with Crippen molar-refractivity contribution >= 4 is 17.1 Å². The van der Waals surface area contributed by atoms with Crippen molar-refractivity contribution in [1.82, 2.24) is 14.9 Å². The summed E-state index contributed by atoms with van der Waals surface area (Å²) in [7, 11) is 0. The van der Waals surface area contributed by atoms with Crippen LogP contribution < -0.4 is 0 Å². The minimum atomic E-state index is -0.461. The average molecular weight is 357 g/mol. The van der Waals surface area contributed by atoms with Gasteiger partial charge in [0.25, 0.3) is 0 Å². The summed E-state index contributed by atoms with van der Waals surface area (Å²) in [5.74, 6) is 0. The van der Waals surface area contributed by atoms with Gasteiger partial charge in [-0.15, -0.1) is 0 Å². The van der Waals surface area contributed by atoms with Crippen molar-refractivity contribution in [3.05, 3.63) is 36.2 Å². The van der Waals surface area contributed by atoms with Crippen LogP contribution in [0.1, 0.15) is 39.3 Å². The maximum atomic E-state index is 12.1. The number of aromatic nitrogens is 2. The van der Waals surface area contributed by atoms with Gasteiger partial charge < -0.3 is 14.4 Å². The van der Waals surface area contributed by atoms with Crippen molar-refractivity contribution in [2.45, 2.75) is 51.7 Å². The van der Waals surface area contributed by atoms with Gasteiger partial charge in [0.05, 0.1) is 12.6 Å². The second-order valence-electron chi connectivity index (χ2n) is 7.66. The number of nitrogens with zero attached hydrogens (tertiary/aromatic N) is 3. The van der Waals surface area contributed by atoms with Crippen LogP contribution in [-0.2, 0) is 15.9 Å². The van der Waals surface area contributed by atoms with Crippen LogP contribution in [0.15, 0.2) is 30.5 Å². The number of hydrogen-bond acceptors (Lipinski definition) is 5. The smallest absolute Gasteiger partial charge is 0.410 e.